The summed E-state index contributed by atoms with van der Waals surface area (Å²) in [6.07, 6.45) is 6.30. The van der Waals surface area contributed by atoms with Crippen molar-refractivity contribution in [2.45, 2.75) is 40.5 Å². The number of allylic oxidation sites excluding steroid dienone is 3. The molecule has 1 radical (unpaired) electrons. The number of hydrogen-bond donors (Lipinski definition) is 0. The van der Waals surface area contributed by atoms with Crippen LogP contribution in [0.5, 0.6) is 0 Å². The molecule has 0 heteroatoms. The Morgan fingerprint density at radius 2 is 1.91 bits per heavy atom. The molecular formula is C11H19. The Bertz CT molecular complexity index is 145. The third-order valence-electron chi connectivity index (χ3n) is 1.79. The van der Waals surface area contributed by atoms with Crippen molar-refractivity contribution in [3.8, 4) is 0 Å². The molecule has 11 heavy (non-hydrogen) atoms. The van der Waals surface area contributed by atoms with E-state index in [4.69, 9.17) is 6.58 Å². The third kappa shape index (κ3) is 5.90. The largest absolute Gasteiger partial charge is 0.0859 e. The van der Waals surface area contributed by atoms with Gasteiger partial charge in [0.25, 0.3) is 0 Å². The smallest absolute Gasteiger partial charge is 0.0169 e. The van der Waals surface area contributed by atoms with Crippen LogP contribution in [0.3, 0.4) is 0 Å². The Morgan fingerprint density at radius 1 is 1.36 bits per heavy atom. The molecule has 0 saturated heterocycles. The second-order valence-electron chi connectivity index (χ2n) is 3.98. The molecule has 0 amide bonds. The predicted octanol–water partition coefficient (Wildman–Crippen LogP) is 3.75. The van der Waals surface area contributed by atoms with E-state index in [1.165, 1.54) is 5.57 Å². The van der Waals surface area contributed by atoms with Crippen molar-refractivity contribution >= 4 is 0 Å². The van der Waals surface area contributed by atoms with Crippen LogP contribution in [0.4, 0.5) is 0 Å². The van der Waals surface area contributed by atoms with Crippen LogP contribution < -0.4 is 0 Å². The van der Waals surface area contributed by atoms with Crippen molar-refractivity contribution in [2.24, 2.45) is 5.41 Å². The van der Waals surface area contributed by atoms with Gasteiger partial charge in [0, 0.05) is 0 Å². The first-order valence-electron chi connectivity index (χ1n) is 4.17. The molecular weight excluding hydrogens is 132 g/mol. The summed E-state index contributed by atoms with van der Waals surface area (Å²) in [4.78, 5) is 0. The average Bonchev–Trinajstić information content (AvgIpc) is 1.87. The minimum absolute atomic E-state index is 0.186. The second kappa shape index (κ2) is 4.38. The molecule has 0 heterocycles. The van der Waals surface area contributed by atoms with Crippen LogP contribution in [0.25, 0.3) is 0 Å². The monoisotopic (exact) mass is 151 g/mol. The SMILES string of the molecule is [CH]=CC(C)(C)CCC=C(C)C. The second-order valence-corrected chi connectivity index (χ2v) is 3.98. The molecule has 0 aliphatic carbocycles. The molecule has 0 aliphatic heterocycles. The molecule has 0 atom stereocenters. The first-order chi connectivity index (χ1) is 4.98. The van der Waals surface area contributed by atoms with Crippen LogP contribution in [0.2, 0.25) is 0 Å². The highest BCUT2D eigenvalue weighted by Gasteiger charge is 2.10. The van der Waals surface area contributed by atoms with E-state index in [1.807, 2.05) is 0 Å². The maximum Gasteiger partial charge on any atom is -0.0169 e. The summed E-state index contributed by atoms with van der Waals surface area (Å²) in [5, 5.41) is 0. The predicted molar refractivity (Wildman–Crippen MR) is 51.3 cm³/mol. The van der Waals surface area contributed by atoms with E-state index in [2.05, 4.69) is 33.8 Å². The average molecular weight is 151 g/mol. The Morgan fingerprint density at radius 3 is 2.27 bits per heavy atom. The lowest BCUT2D eigenvalue weighted by Crippen LogP contribution is -2.05. The zero-order chi connectivity index (χ0) is 8.91. The normalized spacial score (nSPS) is 10.9. The molecule has 0 aliphatic rings. The summed E-state index contributed by atoms with van der Waals surface area (Å²) in [6, 6.07) is 0. The van der Waals surface area contributed by atoms with Crippen molar-refractivity contribution in [3.63, 3.8) is 0 Å². The lowest BCUT2D eigenvalue weighted by atomic mass is 9.88. The lowest BCUT2D eigenvalue weighted by Gasteiger charge is -2.17. The molecule has 0 N–H and O–H groups in total. The summed E-state index contributed by atoms with van der Waals surface area (Å²) < 4.78 is 0. The van der Waals surface area contributed by atoms with E-state index in [9.17, 15) is 0 Å². The van der Waals surface area contributed by atoms with Crippen LogP contribution >= 0.6 is 0 Å². The molecule has 0 aromatic rings. The maximum atomic E-state index is 5.48. The van der Waals surface area contributed by atoms with Crippen LogP contribution in [0.15, 0.2) is 17.7 Å². The van der Waals surface area contributed by atoms with E-state index in [-0.39, 0.29) is 5.41 Å². The molecule has 0 aromatic heterocycles. The summed E-state index contributed by atoms with van der Waals surface area (Å²) in [5.41, 5.74) is 1.57. The Labute approximate surface area is 71.0 Å². The van der Waals surface area contributed by atoms with Gasteiger partial charge in [0.05, 0.1) is 0 Å². The van der Waals surface area contributed by atoms with Crippen molar-refractivity contribution in [2.75, 3.05) is 0 Å². The fourth-order valence-corrected chi connectivity index (χ4v) is 0.816. The van der Waals surface area contributed by atoms with Crippen molar-refractivity contribution < 1.29 is 0 Å². The maximum absolute atomic E-state index is 5.48. The summed E-state index contributed by atoms with van der Waals surface area (Å²) in [7, 11) is 0. The lowest BCUT2D eigenvalue weighted by molar-refractivity contribution is 0.442. The minimum Gasteiger partial charge on any atom is -0.0859 e. The van der Waals surface area contributed by atoms with Crippen LogP contribution in [0.1, 0.15) is 40.5 Å². The molecule has 0 rings (SSSR count). The van der Waals surface area contributed by atoms with E-state index >= 15 is 0 Å². The van der Waals surface area contributed by atoms with E-state index in [0.29, 0.717) is 0 Å². The van der Waals surface area contributed by atoms with Gasteiger partial charge >= 0.3 is 0 Å². The van der Waals surface area contributed by atoms with Gasteiger partial charge in [0.2, 0.25) is 0 Å². The molecule has 0 spiro atoms. The highest BCUT2D eigenvalue weighted by molar-refractivity contribution is 4.95. The van der Waals surface area contributed by atoms with Gasteiger partial charge in [-0.05, 0) is 32.1 Å². The quantitative estimate of drug-likeness (QED) is 0.537. The Balaban J connectivity index is 3.71. The molecule has 0 nitrogen and oxygen atoms in total. The zero-order valence-electron chi connectivity index (χ0n) is 8.15. The highest BCUT2D eigenvalue weighted by atomic mass is 14.1. The number of rotatable bonds is 4. The van der Waals surface area contributed by atoms with Crippen molar-refractivity contribution in [3.05, 3.63) is 24.3 Å². The molecule has 0 fully saturated rings. The molecule has 0 unspecified atom stereocenters. The fraction of sp³-hybridized carbons (Fsp3) is 0.636. The van der Waals surface area contributed by atoms with Crippen LogP contribution in [-0.2, 0) is 0 Å². The topological polar surface area (TPSA) is 0 Å². The summed E-state index contributed by atoms with van der Waals surface area (Å²) >= 11 is 0. The summed E-state index contributed by atoms with van der Waals surface area (Å²) in [6.45, 7) is 14.0. The fourth-order valence-electron chi connectivity index (χ4n) is 0.816. The Hall–Kier alpha value is -0.520. The van der Waals surface area contributed by atoms with Crippen molar-refractivity contribution in [1.29, 1.82) is 0 Å². The minimum atomic E-state index is 0.186. The third-order valence-corrected chi connectivity index (χ3v) is 1.79. The first-order valence-corrected chi connectivity index (χ1v) is 4.17. The van der Waals surface area contributed by atoms with Gasteiger partial charge in [-0.15, -0.1) is 0 Å². The van der Waals surface area contributed by atoms with Gasteiger partial charge < -0.3 is 0 Å². The standard InChI is InChI=1S/C11H19/c1-6-11(4,5)9-7-8-10(2)3/h1,6,8H,7,9H2,2-5H3. The van der Waals surface area contributed by atoms with Crippen LogP contribution in [0, 0.1) is 12.0 Å². The van der Waals surface area contributed by atoms with E-state index in [0.717, 1.165) is 12.8 Å². The molecule has 0 bridgehead atoms. The van der Waals surface area contributed by atoms with Gasteiger partial charge in [0.15, 0.2) is 0 Å². The zero-order valence-corrected chi connectivity index (χ0v) is 8.15. The molecule has 0 saturated carbocycles. The van der Waals surface area contributed by atoms with Gasteiger partial charge in [-0.3, -0.25) is 0 Å². The van der Waals surface area contributed by atoms with E-state index in [1.54, 1.807) is 6.08 Å². The van der Waals surface area contributed by atoms with Gasteiger partial charge in [-0.2, -0.15) is 0 Å². The number of hydrogen-bond acceptors (Lipinski definition) is 0. The summed E-state index contributed by atoms with van der Waals surface area (Å²) in [5.74, 6) is 0. The highest BCUT2D eigenvalue weighted by Crippen LogP contribution is 2.23. The Kier molecular flexibility index (Phi) is 4.17. The van der Waals surface area contributed by atoms with E-state index < -0.39 is 0 Å². The van der Waals surface area contributed by atoms with Crippen molar-refractivity contribution in [1.82, 2.24) is 0 Å². The van der Waals surface area contributed by atoms with Gasteiger partial charge in [-0.25, -0.2) is 0 Å². The molecule has 63 valence electrons. The van der Waals surface area contributed by atoms with Crippen LogP contribution in [-0.4, -0.2) is 0 Å². The first kappa shape index (κ1) is 10.5. The van der Waals surface area contributed by atoms with Gasteiger partial charge in [0.1, 0.15) is 0 Å². The van der Waals surface area contributed by atoms with Gasteiger partial charge in [-0.1, -0.05) is 38.2 Å². The molecule has 0 aromatic carbocycles.